The number of alkyl halides is 1. The van der Waals surface area contributed by atoms with E-state index in [9.17, 15) is 0 Å². The van der Waals surface area contributed by atoms with E-state index in [4.69, 9.17) is 16.0 Å². The molecule has 0 unspecified atom stereocenters. The van der Waals surface area contributed by atoms with Crippen LogP contribution >= 0.6 is 11.6 Å². The highest BCUT2D eigenvalue weighted by molar-refractivity contribution is 6.18. The molecular formula is C12H15ClN2O. The van der Waals surface area contributed by atoms with Crippen molar-refractivity contribution in [2.75, 3.05) is 5.88 Å². The summed E-state index contributed by atoms with van der Waals surface area (Å²) in [5.74, 6) is 1.02. The van der Waals surface area contributed by atoms with E-state index in [1.807, 2.05) is 6.07 Å². The molecule has 0 saturated carbocycles. The Balaban J connectivity index is 2.46. The molecule has 2 rings (SSSR count). The first-order chi connectivity index (χ1) is 7.74. The van der Waals surface area contributed by atoms with E-state index in [1.165, 1.54) is 5.56 Å². The first-order valence-corrected chi connectivity index (χ1v) is 5.93. The van der Waals surface area contributed by atoms with E-state index < -0.39 is 0 Å². The Bertz CT molecular complexity index is 446. The monoisotopic (exact) mass is 238 g/mol. The summed E-state index contributed by atoms with van der Waals surface area (Å²) in [6, 6.07) is 1.91. The lowest BCUT2D eigenvalue weighted by Gasteiger charge is -2.05. The summed E-state index contributed by atoms with van der Waals surface area (Å²) in [4.78, 5) is 0. The first-order valence-electron chi connectivity index (χ1n) is 5.39. The van der Waals surface area contributed by atoms with Gasteiger partial charge >= 0.3 is 0 Å². The molecule has 0 atom stereocenters. The molecule has 4 heteroatoms. The number of hydrogen-bond donors (Lipinski definition) is 1. The van der Waals surface area contributed by atoms with Crippen molar-refractivity contribution >= 4 is 11.6 Å². The zero-order chi connectivity index (χ0) is 11.5. The van der Waals surface area contributed by atoms with Gasteiger partial charge in [-0.1, -0.05) is 13.8 Å². The Morgan fingerprint density at radius 1 is 1.50 bits per heavy atom. The van der Waals surface area contributed by atoms with E-state index in [1.54, 1.807) is 12.5 Å². The van der Waals surface area contributed by atoms with E-state index in [0.717, 1.165) is 23.4 Å². The third-order valence-electron chi connectivity index (χ3n) is 2.62. The molecule has 0 spiro atoms. The topological polar surface area (TPSA) is 41.8 Å². The zero-order valence-electron chi connectivity index (χ0n) is 9.46. The Morgan fingerprint density at radius 2 is 2.31 bits per heavy atom. The summed E-state index contributed by atoms with van der Waals surface area (Å²) < 4.78 is 5.08. The lowest BCUT2D eigenvalue weighted by atomic mass is 10.00. The number of rotatable bonds is 4. The van der Waals surface area contributed by atoms with Crippen LogP contribution in [0.3, 0.4) is 0 Å². The third kappa shape index (κ3) is 2.00. The van der Waals surface area contributed by atoms with Gasteiger partial charge in [-0.15, -0.1) is 11.6 Å². The van der Waals surface area contributed by atoms with Gasteiger partial charge in [0.15, 0.2) is 0 Å². The molecule has 0 radical (unpaired) electrons. The van der Waals surface area contributed by atoms with Crippen LogP contribution in [0, 0.1) is 0 Å². The summed E-state index contributed by atoms with van der Waals surface area (Å²) in [5.41, 5.74) is 4.32. The Hall–Kier alpha value is -1.22. The van der Waals surface area contributed by atoms with Crippen LogP contribution in [0.2, 0.25) is 0 Å². The van der Waals surface area contributed by atoms with Crippen molar-refractivity contribution in [3.8, 4) is 11.3 Å². The summed E-state index contributed by atoms with van der Waals surface area (Å²) >= 11 is 5.84. The van der Waals surface area contributed by atoms with Crippen LogP contribution < -0.4 is 0 Å². The van der Waals surface area contributed by atoms with Crippen LogP contribution in [0.5, 0.6) is 0 Å². The quantitative estimate of drug-likeness (QED) is 0.828. The standard InChI is InChI=1S/C12H15ClN2O/c1-8(2)11-10(3-5-13)12(15-14-11)9-4-6-16-7-9/h4,6-8H,3,5H2,1-2H3,(H,14,15). The molecule has 0 aromatic carbocycles. The largest absolute Gasteiger partial charge is 0.472 e. The first kappa shape index (κ1) is 11.3. The molecule has 2 aromatic rings. The molecular weight excluding hydrogens is 224 g/mol. The lowest BCUT2D eigenvalue weighted by molar-refractivity contribution is 0.568. The van der Waals surface area contributed by atoms with Crippen molar-refractivity contribution in [3.05, 3.63) is 29.9 Å². The lowest BCUT2D eigenvalue weighted by Crippen LogP contribution is -1.96. The number of furan rings is 1. The highest BCUT2D eigenvalue weighted by atomic mass is 35.5. The van der Waals surface area contributed by atoms with Gasteiger partial charge in [-0.2, -0.15) is 5.10 Å². The molecule has 0 aliphatic rings. The zero-order valence-corrected chi connectivity index (χ0v) is 10.2. The smallest absolute Gasteiger partial charge is 0.0997 e. The van der Waals surface area contributed by atoms with E-state index in [-0.39, 0.29) is 0 Å². The fourth-order valence-electron chi connectivity index (χ4n) is 1.84. The molecule has 86 valence electrons. The van der Waals surface area contributed by atoms with Gasteiger partial charge in [0.2, 0.25) is 0 Å². The molecule has 16 heavy (non-hydrogen) atoms. The van der Waals surface area contributed by atoms with Crippen molar-refractivity contribution in [2.24, 2.45) is 0 Å². The maximum absolute atomic E-state index is 5.84. The Labute approximate surface area is 99.8 Å². The minimum absolute atomic E-state index is 0.423. The van der Waals surface area contributed by atoms with Gasteiger partial charge in [-0.3, -0.25) is 5.10 Å². The molecule has 0 bridgehead atoms. The number of nitrogens with one attached hydrogen (secondary N) is 1. The molecule has 0 fully saturated rings. The molecule has 0 aliphatic heterocycles. The van der Waals surface area contributed by atoms with E-state index in [2.05, 4.69) is 24.0 Å². The van der Waals surface area contributed by atoms with Crippen LogP contribution in [0.1, 0.15) is 31.0 Å². The van der Waals surface area contributed by atoms with E-state index in [0.29, 0.717) is 11.8 Å². The molecule has 2 aromatic heterocycles. The third-order valence-corrected chi connectivity index (χ3v) is 2.80. The summed E-state index contributed by atoms with van der Waals surface area (Å²) in [6.45, 7) is 4.29. The Morgan fingerprint density at radius 3 is 2.88 bits per heavy atom. The van der Waals surface area contributed by atoms with Gasteiger partial charge in [0.25, 0.3) is 0 Å². The van der Waals surface area contributed by atoms with Crippen molar-refractivity contribution in [2.45, 2.75) is 26.2 Å². The van der Waals surface area contributed by atoms with Crippen LogP contribution in [0.4, 0.5) is 0 Å². The highest BCUT2D eigenvalue weighted by Crippen LogP contribution is 2.28. The number of nitrogens with zero attached hydrogens (tertiary/aromatic N) is 1. The second kappa shape index (κ2) is 4.74. The molecule has 3 nitrogen and oxygen atoms in total. The fourth-order valence-corrected chi connectivity index (χ4v) is 2.03. The summed E-state index contributed by atoms with van der Waals surface area (Å²) in [7, 11) is 0. The molecule has 0 amide bonds. The number of hydrogen-bond acceptors (Lipinski definition) is 2. The minimum atomic E-state index is 0.423. The molecule has 2 heterocycles. The molecule has 0 saturated heterocycles. The normalized spacial score (nSPS) is 11.2. The van der Waals surface area contributed by atoms with Crippen molar-refractivity contribution in [1.29, 1.82) is 0 Å². The summed E-state index contributed by atoms with van der Waals surface area (Å²) in [5, 5.41) is 7.45. The van der Waals surface area contributed by atoms with Crippen molar-refractivity contribution in [1.82, 2.24) is 10.2 Å². The van der Waals surface area contributed by atoms with Crippen LogP contribution in [-0.2, 0) is 6.42 Å². The predicted octanol–water partition coefficient (Wildman–Crippen LogP) is 3.57. The van der Waals surface area contributed by atoms with Crippen molar-refractivity contribution in [3.63, 3.8) is 0 Å². The van der Waals surface area contributed by atoms with E-state index >= 15 is 0 Å². The van der Waals surface area contributed by atoms with Crippen LogP contribution in [0.25, 0.3) is 11.3 Å². The average Bonchev–Trinajstić information content (AvgIpc) is 2.84. The predicted molar refractivity (Wildman–Crippen MR) is 64.8 cm³/mol. The second-order valence-electron chi connectivity index (χ2n) is 4.07. The average molecular weight is 239 g/mol. The second-order valence-corrected chi connectivity index (χ2v) is 4.45. The number of halogens is 1. The van der Waals surface area contributed by atoms with Gasteiger partial charge in [-0.25, -0.2) is 0 Å². The van der Waals surface area contributed by atoms with Gasteiger partial charge < -0.3 is 4.42 Å². The maximum Gasteiger partial charge on any atom is 0.0997 e. The van der Waals surface area contributed by atoms with Crippen LogP contribution in [0.15, 0.2) is 23.0 Å². The summed E-state index contributed by atoms with van der Waals surface area (Å²) in [6.07, 6.45) is 4.19. The number of H-pyrrole nitrogens is 1. The minimum Gasteiger partial charge on any atom is -0.472 e. The SMILES string of the molecule is CC(C)c1[nH]nc(-c2ccoc2)c1CCCl. The fraction of sp³-hybridized carbons (Fsp3) is 0.417. The van der Waals surface area contributed by atoms with Gasteiger partial charge in [-0.05, 0) is 18.4 Å². The van der Waals surface area contributed by atoms with Gasteiger partial charge in [0, 0.05) is 22.7 Å². The van der Waals surface area contributed by atoms with Crippen LogP contribution in [-0.4, -0.2) is 16.1 Å². The molecule has 0 aliphatic carbocycles. The molecule has 1 N–H and O–H groups in total. The maximum atomic E-state index is 5.84. The van der Waals surface area contributed by atoms with Crippen molar-refractivity contribution < 1.29 is 4.42 Å². The number of aromatic amines is 1. The number of aromatic nitrogens is 2. The van der Waals surface area contributed by atoms with Gasteiger partial charge in [0.1, 0.15) is 0 Å². The Kier molecular flexibility index (Phi) is 3.34. The van der Waals surface area contributed by atoms with Gasteiger partial charge in [0.05, 0.1) is 18.2 Å². The highest BCUT2D eigenvalue weighted by Gasteiger charge is 2.16.